The van der Waals surface area contributed by atoms with E-state index in [2.05, 4.69) is 30.9 Å². The fraction of sp³-hybridized carbons (Fsp3) is 0.500. The van der Waals surface area contributed by atoms with E-state index in [1.54, 1.807) is 0 Å². The highest BCUT2D eigenvalue weighted by atomic mass is 16.2. The minimum atomic E-state index is -0.0168. The molecule has 0 radical (unpaired) electrons. The maximum atomic E-state index is 13.3. The van der Waals surface area contributed by atoms with Gasteiger partial charge in [-0.05, 0) is 22.8 Å². The first-order chi connectivity index (χ1) is 13.0. The predicted molar refractivity (Wildman–Crippen MR) is 112 cm³/mol. The Bertz CT molecular complexity index is 773. The first-order valence-corrected chi connectivity index (χ1v) is 10.0. The van der Waals surface area contributed by atoms with Gasteiger partial charge in [-0.2, -0.15) is 0 Å². The number of carbonyl (C=O) groups excluding carboxylic acids is 1. The second-order valence-electron chi connectivity index (χ2n) is 7.72. The predicted octanol–water partition coefficient (Wildman–Crippen LogP) is 2.30. The van der Waals surface area contributed by atoms with E-state index in [-0.39, 0.29) is 11.9 Å². The normalized spacial score (nSPS) is 20.6. The van der Waals surface area contributed by atoms with E-state index in [0.29, 0.717) is 18.5 Å². The third-order valence-corrected chi connectivity index (χ3v) is 5.91. The van der Waals surface area contributed by atoms with Crippen LogP contribution in [-0.2, 0) is 0 Å². The number of carbonyl (C=O) groups is 1. The number of fused-ring (bicyclic) bond motifs is 1. The highest BCUT2D eigenvalue weighted by Crippen LogP contribution is 2.24. The maximum absolute atomic E-state index is 13.3. The van der Waals surface area contributed by atoms with E-state index in [1.807, 2.05) is 35.2 Å². The van der Waals surface area contributed by atoms with Gasteiger partial charge >= 0.3 is 0 Å². The average molecular weight is 369 g/mol. The van der Waals surface area contributed by atoms with Crippen molar-refractivity contribution in [2.24, 2.45) is 17.4 Å². The van der Waals surface area contributed by atoms with Crippen molar-refractivity contribution < 1.29 is 4.79 Å². The van der Waals surface area contributed by atoms with Gasteiger partial charge in [-0.25, -0.2) is 0 Å². The number of rotatable bonds is 6. The van der Waals surface area contributed by atoms with Gasteiger partial charge in [0.1, 0.15) is 0 Å². The van der Waals surface area contributed by atoms with E-state index >= 15 is 0 Å². The fourth-order valence-electron chi connectivity index (χ4n) is 4.03. The number of nitrogens with two attached hydrogens (primary N) is 2. The average Bonchev–Trinajstić information content (AvgIpc) is 2.72. The number of hydrogen-bond acceptors (Lipinski definition) is 4. The summed E-state index contributed by atoms with van der Waals surface area (Å²) in [6.07, 6.45) is 1.08. The van der Waals surface area contributed by atoms with Crippen LogP contribution in [0.2, 0.25) is 0 Å². The van der Waals surface area contributed by atoms with Gasteiger partial charge in [0.2, 0.25) is 0 Å². The first-order valence-electron chi connectivity index (χ1n) is 10.0. The molecule has 1 aliphatic rings. The summed E-state index contributed by atoms with van der Waals surface area (Å²) in [4.78, 5) is 17.8. The number of hydrogen-bond donors (Lipinski definition) is 2. The molecule has 2 unspecified atom stereocenters. The lowest BCUT2D eigenvalue weighted by atomic mass is 9.94. The molecular weight excluding hydrogens is 336 g/mol. The Hall–Kier alpha value is -1.95. The van der Waals surface area contributed by atoms with Gasteiger partial charge in [0.05, 0.1) is 0 Å². The third-order valence-electron chi connectivity index (χ3n) is 5.91. The van der Waals surface area contributed by atoms with Gasteiger partial charge < -0.3 is 16.4 Å². The third kappa shape index (κ3) is 4.32. The van der Waals surface area contributed by atoms with E-state index in [4.69, 9.17) is 11.5 Å². The van der Waals surface area contributed by atoms with Crippen molar-refractivity contribution in [2.75, 3.05) is 32.7 Å². The van der Waals surface area contributed by atoms with E-state index in [9.17, 15) is 4.79 Å². The molecule has 2 aromatic rings. The molecule has 1 heterocycles. The lowest BCUT2D eigenvalue weighted by molar-refractivity contribution is 0.0328. The molecule has 1 saturated heterocycles. The number of nitrogens with zero attached hydrogens (tertiary/aromatic N) is 2. The van der Waals surface area contributed by atoms with Crippen LogP contribution in [0.25, 0.3) is 10.8 Å². The molecule has 2 aromatic carbocycles. The second kappa shape index (κ2) is 8.83. The summed E-state index contributed by atoms with van der Waals surface area (Å²) in [5.74, 6) is 0.626. The van der Waals surface area contributed by atoms with Gasteiger partial charge in [-0.3, -0.25) is 9.69 Å². The summed E-state index contributed by atoms with van der Waals surface area (Å²) in [5.41, 5.74) is 12.6. The molecule has 1 amide bonds. The Labute approximate surface area is 162 Å². The summed E-state index contributed by atoms with van der Waals surface area (Å²) in [6, 6.07) is 14.4. The highest BCUT2D eigenvalue weighted by Gasteiger charge is 2.33. The van der Waals surface area contributed by atoms with Crippen molar-refractivity contribution in [1.82, 2.24) is 9.80 Å². The lowest BCUT2D eigenvalue weighted by Gasteiger charge is -2.45. The summed E-state index contributed by atoms with van der Waals surface area (Å²) < 4.78 is 0. The lowest BCUT2D eigenvalue weighted by Crippen LogP contribution is -2.59. The van der Waals surface area contributed by atoms with Gasteiger partial charge in [0.25, 0.3) is 5.91 Å². The molecule has 0 aromatic heterocycles. The van der Waals surface area contributed by atoms with Gasteiger partial charge in [0.15, 0.2) is 0 Å². The number of piperazine rings is 1. The number of benzene rings is 2. The van der Waals surface area contributed by atoms with Gasteiger partial charge in [-0.1, -0.05) is 56.7 Å². The monoisotopic (exact) mass is 368 g/mol. The van der Waals surface area contributed by atoms with Crippen molar-refractivity contribution in [2.45, 2.75) is 32.4 Å². The minimum absolute atomic E-state index is 0.0168. The Balaban J connectivity index is 1.82. The van der Waals surface area contributed by atoms with E-state index in [0.717, 1.165) is 48.9 Å². The Morgan fingerprint density at radius 2 is 1.93 bits per heavy atom. The molecule has 1 aliphatic heterocycles. The van der Waals surface area contributed by atoms with Crippen LogP contribution in [0.3, 0.4) is 0 Å². The Morgan fingerprint density at radius 1 is 1.19 bits per heavy atom. The van der Waals surface area contributed by atoms with Crippen molar-refractivity contribution in [3.63, 3.8) is 0 Å². The molecule has 0 saturated carbocycles. The van der Waals surface area contributed by atoms with Crippen LogP contribution in [0.15, 0.2) is 42.5 Å². The van der Waals surface area contributed by atoms with Crippen LogP contribution in [0.5, 0.6) is 0 Å². The van der Waals surface area contributed by atoms with Gasteiger partial charge in [0, 0.05) is 50.4 Å². The van der Waals surface area contributed by atoms with Crippen LogP contribution in [0.1, 0.15) is 30.6 Å². The Kier molecular flexibility index (Phi) is 6.47. The largest absolute Gasteiger partial charge is 0.336 e. The first kappa shape index (κ1) is 19.8. The molecule has 5 heteroatoms. The van der Waals surface area contributed by atoms with Crippen molar-refractivity contribution in [3.05, 3.63) is 48.0 Å². The SMILES string of the molecule is CCC(C)[C@H]1CN(C(=O)c2cccc3ccccc23)CCN1CC(N)CN. The quantitative estimate of drug-likeness (QED) is 0.820. The molecule has 27 heavy (non-hydrogen) atoms. The van der Waals surface area contributed by atoms with Crippen LogP contribution in [-0.4, -0.2) is 60.5 Å². The molecular formula is C22H32N4O. The molecule has 3 atom stereocenters. The van der Waals surface area contributed by atoms with E-state index in [1.165, 1.54) is 0 Å². The Morgan fingerprint density at radius 3 is 2.67 bits per heavy atom. The molecule has 0 spiro atoms. The molecule has 4 N–H and O–H groups in total. The molecule has 3 rings (SSSR count). The zero-order chi connectivity index (χ0) is 19.4. The van der Waals surface area contributed by atoms with Crippen LogP contribution < -0.4 is 11.5 Å². The molecule has 1 fully saturated rings. The standard InChI is InChI=1S/C22H32N4O/c1-3-16(2)21-15-26(12-11-25(21)14-18(24)13-23)22(27)20-10-6-8-17-7-4-5-9-19(17)20/h4-10,16,18,21H,3,11-15,23-24H2,1-2H3/t16?,18?,21-/m1/s1. The smallest absolute Gasteiger partial charge is 0.254 e. The van der Waals surface area contributed by atoms with Crippen LogP contribution in [0.4, 0.5) is 0 Å². The van der Waals surface area contributed by atoms with Crippen LogP contribution in [0, 0.1) is 5.92 Å². The second-order valence-corrected chi connectivity index (χ2v) is 7.72. The zero-order valence-corrected chi connectivity index (χ0v) is 16.5. The minimum Gasteiger partial charge on any atom is -0.336 e. The summed E-state index contributed by atoms with van der Waals surface area (Å²) in [7, 11) is 0. The van der Waals surface area contributed by atoms with Crippen molar-refractivity contribution in [3.8, 4) is 0 Å². The van der Waals surface area contributed by atoms with E-state index < -0.39 is 0 Å². The fourth-order valence-corrected chi connectivity index (χ4v) is 4.03. The molecule has 146 valence electrons. The topological polar surface area (TPSA) is 75.6 Å². The maximum Gasteiger partial charge on any atom is 0.254 e. The van der Waals surface area contributed by atoms with Crippen molar-refractivity contribution >= 4 is 16.7 Å². The molecule has 5 nitrogen and oxygen atoms in total. The van der Waals surface area contributed by atoms with Crippen LogP contribution >= 0.6 is 0 Å². The summed E-state index contributed by atoms with van der Waals surface area (Å²) in [6.45, 7) is 8.07. The highest BCUT2D eigenvalue weighted by molar-refractivity contribution is 6.07. The van der Waals surface area contributed by atoms with Crippen molar-refractivity contribution in [1.29, 1.82) is 0 Å². The molecule has 0 aliphatic carbocycles. The summed E-state index contributed by atoms with van der Waals surface area (Å²) in [5, 5.41) is 2.13. The summed E-state index contributed by atoms with van der Waals surface area (Å²) >= 11 is 0. The number of amides is 1. The molecule has 0 bridgehead atoms. The van der Waals surface area contributed by atoms with Gasteiger partial charge in [-0.15, -0.1) is 0 Å². The zero-order valence-electron chi connectivity index (χ0n) is 16.5.